The molecule has 8 heteroatoms. The van der Waals surface area contributed by atoms with E-state index in [0.717, 1.165) is 19.2 Å². The molecule has 112 valence electrons. The first-order chi connectivity index (χ1) is 9.29. The van der Waals surface area contributed by atoms with Crippen LogP contribution in [0, 0.1) is 12.7 Å². The van der Waals surface area contributed by atoms with E-state index in [0.29, 0.717) is 13.1 Å². The highest BCUT2D eigenvalue weighted by Crippen LogP contribution is 2.21. The van der Waals surface area contributed by atoms with Crippen LogP contribution in [0.5, 0.6) is 0 Å². The number of hydrogen-bond acceptors (Lipinski definition) is 5. The summed E-state index contributed by atoms with van der Waals surface area (Å²) in [5, 5.41) is 1.61. The first-order valence-electron chi connectivity index (χ1n) is 6.31. The van der Waals surface area contributed by atoms with Crippen LogP contribution < -0.4 is 10.6 Å². The number of piperazine rings is 1. The van der Waals surface area contributed by atoms with Crippen LogP contribution >= 0.6 is 0 Å². The van der Waals surface area contributed by atoms with Crippen molar-refractivity contribution < 1.29 is 12.8 Å². The number of benzene rings is 1. The summed E-state index contributed by atoms with van der Waals surface area (Å²) < 4.78 is 38.0. The minimum absolute atomic E-state index is 0.128. The van der Waals surface area contributed by atoms with Gasteiger partial charge in [-0.3, -0.25) is 0 Å². The molecule has 2 rings (SSSR count). The maximum atomic E-state index is 13.6. The van der Waals surface area contributed by atoms with Crippen LogP contribution in [-0.4, -0.2) is 51.6 Å². The summed E-state index contributed by atoms with van der Waals surface area (Å²) in [7, 11) is -1.83. The van der Waals surface area contributed by atoms with Gasteiger partial charge in [0.15, 0.2) is 0 Å². The minimum atomic E-state index is -3.80. The second kappa shape index (κ2) is 5.65. The van der Waals surface area contributed by atoms with Gasteiger partial charge in [0.05, 0.1) is 4.90 Å². The topological polar surface area (TPSA) is 78.7 Å². The summed E-state index contributed by atoms with van der Waals surface area (Å²) in [6.45, 7) is 4.22. The van der Waals surface area contributed by atoms with Crippen molar-refractivity contribution in [1.29, 1.82) is 0 Å². The second-order valence-corrected chi connectivity index (χ2v) is 6.67. The van der Waals surface area contributed by atoms with Gasteiger partial charge in [-0.15, -0.1) is 4.83 Å². The van der Waals surface area contributed by atoms with Crippen LogP contribution in [0.25, 0.3) is 0 Å². The number of halogens is 1. The third kappa shape index (κ3) is 3.26. The van der Waals surface area contributed by atoms with Gasteiger partial charge in [-0.2, -0.15) is 0 Å². The van der Waals surface area contributed by atoms with E-state index in [4.69, 9.17) is 5.73 Å². The molecule has 1 aliphatic heterocycles. The van der Waals surface area contributed by atoms with E-state index in [9.17, 15) is 12.8 Å². The van der Waals surface area contributed by atoms with E-state index in [1.54, 1.807) is 5.01 Å². The third-order valence-corrected chi connectivity index (χ3v) is 4.78. The molecule has 1 aromatic carbocycles. The van der Waals surface area contributed by atoms with Crippen LogP contribution in [0.15, 0.2) is 17.0 Å². The fraction of sp³-hybridized carbons (Fsp3) is 0.500. The molecular formula is C12H19FN4O2S. The quantitative estimate of drug-likeness (QED) is 0.778. The Hall–Kier alpha value is -1.22. The summed E-state index contributed by atoms with van der Waals surface area (Å²) in [6, 6.07) is 2.26. The number of nitrogens with one attached hydrogen (secondary N) is 1. The first kappa shape index (κ1) is 15.2. The molecule has 6 nitrogen and oxygen atoms in total. The number of anilines is 1. The molecule has 0 radical (unpaired) electrons. The smallest absolute Gasteiger partial charge is 0.253 e. The number of nitrogen functional groups attached to an aromatic ring is 1. The van der Waals surface area contributed by atoms with Gasteiger partial charge in [-0.05, 0) is 26.1 Å². The molecule has 0 atom stereocenters. The van der Waals surface area contributed by atoms with Crippen molar-refractivity contribution in [3.05, 3.63) is 23.5 Å². The molecule has 3 N–H and O–H groups in total. The Kier molecular flexibility index (Phi) is 4.28. The lowest BCUT2D eigenvalue weighted by molar-refractivity contribution is 0.135. The highest BCUT2D eigenvalue weighted by Gasteiger charge is 2.22. The van der Waals surface area contributed by atoms with Crippen molar-refractivity contribution in [2.75, 3.05) is 39.0 Å². The van der Waals surface area contributed by atoms with E-state index < -0.39 is 15.8 Å². The van der Waals surface area contributed by atoms with Crippen molar-refractivity contribution in [2.45, 2.75) is 11.8 Å². The number of sulfonamides is 1. The molecule has 1 aromatic rings. The van der Waals surface area contributed by atoms with Gasteiger partial charge in [0, 0.05) is 37.4 Å². The number of hydrogen-bond donors (Lipinski definition) is 2. The zero-order valence-corrected chi connectivity index (χ0v) is 12.4. The monoisotopic (exact) mass is 302 g/mol. The number of hydrazine groups is 1. The Balaban J connectivity index is 2.18. The first-order valence-corrected chi connectivity index (χ1v) is 7.79. The van der Waals surface area contributed by atoms with Gasteiger partial charge in [-0.1, -0.05) is 0 Å². The molecule has 1 fully saturated rings. The number of nitrogens with two attached hydrogens (primary N) is 1. The van der Waals surface area contributed by atoms with Crippen molar-refractivity contribution in [2.24, 2.45) is 0 Å². The van der Waals surface area contributed by atoms with Crippen LogP contribution in [-0.2, 0) is 10.0 Å². The van der Waals surface area contributed by atoms with Gasteiger partial charge in [-0.25, -0.2) is 17.8 Å². The fourth-order valence-corrected chi connectivity index (χ4v) is 3.12. The second-order valence-electron chi connectivity index (χ2n) is 5.00. The molecule has 1 aliphatic rings. The zero-order chi connectivity index (χ0) is 14.9. The summed E-state index contributed by atoms with van der Waals surface area (Å²) in [6.07, 6.45) is 0. The van der Waals surface area contributed by atoms with Gasteiger partial charge >= 0.3 is 0 Å². The van der Waals surface area contributed by atoms with Gasteiger partial charge in [0.25, 0.3) is 10.0 Å². The van der Waals surface area contributed by atoms with E-state index >= 15 is 0 Å². The Morgan fingerprint density at radius 1 is 1.25 bits per heavy atom. The van der Waals surface area contributed by atoms with Gasteiger partial charge < -0.3 is 10.6 Å². The van der Waals surface area contributed by atoms with Crippen LogP contribution in [0.4, 0.5) is 10.1 Å². The molecule has 20 heavy (non-hydrogen) atoms. The Morgan fingerprint density at radius 3 is 2.40 bits per heavy atom. The summed E-state index contributed by atoms with van der Waals surface area (Å²) >= 11 is 0. The average Bonchev–Trinajstić information content (AvgIpc) is 2.38. The van der Waals surface area contributed by atoms with Crippen LogP contribution in [0.2, 0.25) is 0 Å². The summed E-state index contributed by atoms with van der Waals surface area (Å²) in [5.74, 6) is -0.622. The van der Waals surface area contributed by atoms with E-state index in [-0.39, 0.29) is 16.1 Å². The lowest BCUT2D eigenvalue weighted by Crippen LogP contribution is -2.52. The average molecular weight is 302 g/mol. The number of nitrogens with zero attached hydrogens (tertiary/aromatic N) is 2. The zero-order valence-electron chi connectivity index (χ0n) is 11.6. The highest BCUT2D eigenvalue weighted by molar-refractivity contribution is 7.89. The maximum absolute atomic E-state index is 13.6. The SMILES string of the molecule is Cc1c(N)cc(S(=O)(=O)NN2CCN(C)CC2)cc1F. The minimum Gasteiger partial charge on any atom is -0.398 e. The molecule has 0 unspecified atom stereocenters. The summed E-state index contributed by atoms with van der Waals surface area (Å²) in [5.41, 5.74) is 6.00. The highest BCUT2D eigenvalue weighted by atomic mass is 32.2. The van der Waals surface area contributed by atoms with Crippen LogP contribution in [0.3, 0.4) is 0 Å². The third-order valence-electron chi connectivity index (χ3n) is 3.42. The fourth-order valence-electron chi connectivity index (χ4n) is 1.95. The molecule has 0 bridgehead atoms. The standard InChI is InChI=1S/C12H19FN4O2S/c1-9-11(13)7-10(8-12(9)14)20(18,19)15-17-5-3-16(2)4-6-17/h7-8,15H,3-6,14H2,1-2H3. The van der Waals surface area contributed by atoms with E-state index in [2.05, 4.69) is 9.73 Å². The number of rotatable bonds is 3. The molecule has 0 amide bonds. The molecule has 0 saturated carbocycles. The Morgan fingerprint density at radius 2 is 1.85 bits per heavy atom. The van der Waals surface area contributed by atoms with E-state index in [1.165, 1.54) is 13.0 Å². The lowest BCUT2D eigenvalue weighted by Gasteiger charge is -2.32. The van der Waals surface area contributed by atoms with Crippen molar-refractivity contribution in [3.63, 3.8) is 0 Å². The maximum Gasteiger partial charge on any atom is 0.253 e. The van der Waals surface area contributed by atoms with Crippen molar-refractivity contribution >= 4 is 15.7 Å². The molecule has 1 saturated heterocycles. The van der Waals surface area contributed by atoms with Gasteiger partial charge in [0.2, 0.25) is 0 Å². The Labute approximate surface area is 118 Å². The van der Waals surface area contributed by atoms with Gasteiger partial charge in [0.1, 0.15) is 5.82 Å². The molecular weight excluding hydrogens is 283 g/mol. The molecule has 0 aliphatic carbocycles. The van der Waals surface area contributed by atoms with Crippen molar-refractivity contribution in [3.8, 4) is 0 Å². The Bertz CT molecular complexity index is 574. The molecule has 1 heterocycles. The predicted octanol–water partition coefficient (Wildman–Crippen LogP) is 0.157. The van der Waals surface area contributed by atoms with E-state index in [1.807, 2.05) is 7.05 Å². The molecule has 0 aromatic heterocycles. The largest absolute Gasteiger partial charge is 0.398 e. The number of likely N-dealkylation sites (N-methyl/N-ethyl adjacent to an activating group) is 1. The van der Waals surface area contributed by atoms with Crippen molar-refractivity contribution in [1.82, 2.24) is 14.7 Å². The summed E-state index contributed by atoms with van der Waals surface area (Å²) in [4.78, 5) is 4.41. The molecule has 0 spiro atoms. The lowest BCUT2D eigenvalue weighted by atomic mass is 10.2. The normalized spacial score (nSPS) is 18.4. The van der Waals surface area contributed by atoms with Crippen LogP contribution in [0.1, 0.15) is 5.56 Å². The predicted molar refractivity (Wildman–Crippen MR) is 74.9 cm³/mol.